The summed E-state index contributed by atoms with van der Waals surface area (Å²) in [5, 5.41) is 4.22. The van der Waals surface area contributed by atoms with Crippen LogP contribution in [0.5, 0.6) is 0 Å². The number of rotatable bonds is 5. The molecule has 0 bridgehead atoms. The Morgan fingerprint density at radius 1 is 1.15 bits per heavy atom. The molecule has 5 heteroatoms. The molecule has 106 valence electrons. The zero-order valence-corrected chi connectivity index (χ0v) is 13.0. The second-order valence-electron chi connectivity index (χ2n) is 4.50. The third-order valence-electron chi connectivity index (χ3n) is 2.88. The van der Waals surface area contributed by atoms with Gasteiger partial charge < -0.3 is 10.2 Å². The zero-order valence-electron chi connectivity index (χ0n) is 11.5. The smallest absolute Gasteiger partial charge is 0.149 e. The van der Waals surface area contributed by atoms with E-state index in [2.05, 4.69) is 22.4 Å². The van der Waals surface area contributed by atoms with Crippen molar-refractivity contribution in [1.29, 1.82) is 0 Å². The van der Waals surface area contributed by atoms with E-state index in [1.54, 1.807) is 6.07 Å². The highest BCUT2D eigenvalue weighted by molar-refractivity contribution is 6.37. The number of hydrogen-bond donors (Lipinski definition) is 1. The van der Waals surface area contributed by atoms with Gasteiger partial charge in [0.15, 0.2) is 0 Å². The van der Waals surface area contributed by atoms with Crippen LogP contribution in [0.4, 0.5) is 11.6 Å². The molecule has 0 atom stereocenters. The van der Waals surface area contributed by atoms with Gasteiger partial charge in [-0.2, -0.15) is 0 Å². The summed E-state index contributed by atoms with van der Waals surface area (Å²) < 4.78 is 0. The molecule has 1 N–H and O–H groups in total. The second kappa shape index (κ2) is 6.82. The van der Waals surface area contributed by atoms with Crippen LogP contribution in [0.1, 0.15) is 12.5 Å². The van der Waals surface area contributed by atoms with Crippen molar-refractivity contribution in [2.75, 3.05) is 23.8 Å². The van der Waals surface area contributed by atoms with E-state index in [-0.39, 0.29) is 0 Å². The molecule has 20 heavy (non-hydrogen) atoms. The Labute approximate surface area is 129 Å². The second-order valence-corrected chi connectivity index (χ2v) is 5.31. The summed E-state index contributed by atoms with van der Waals surface area (Å²) in [4.78, 5) is 6.52. The Morgan fingerprint density at radius 2 is 1.85 bits per heavy atom. The van der Waals surface area contributed by atoms with Gasteiger partial charge in [-0.25, -0.2) is 4.98 Å². The molecule has 0 spiro atoms. The fourth-order valence-corrected chi connectivity index (χ4v) is 2.52. The molecule has 3 nitrogen and oxygen atoms in total. The third-order valence-corrected chi connectivity index (χ3v) is 3.45. The monoisotopic (exact) mass is 309 g/mol. The summed E-state index contributed by atoms with van der Waals surface area (Å²) in [6, 6.07) is 11.9. The van der Waals surface area contributed by atoms with Crippen molar-refractivity contribution in [1.82, 2.24) is 4.98 Å². The van der Waals surface area contributed by atoms with E-state index in [4.69, 9.17) is 23.2 Å². The minimum Gasteiger partial charge on any atom is -0.369 e. The van der Waals surface area contributed by atoms with Crippen molar-refractivity contribution in [2.24, 2.45) is 0 Å². The number of hydrogen-bond acceptors (Lipinski definition) is 3. The van der Waals surface area contributed by atoms with Crippen LogP contribution >= 0.6 is 23.2 Å². The Hall–Kier alpha value is -1.45. The van der Waals surface area contributed by atoms with E-state index in [9.17, 15) is 0 Å². The highest BCUT2D eigenvalue weighted by Crippen LogP contribution is 2.31. The normalized spacial score (nSPS) is 10.4. The van der Waals surface area contributed by atoms with Crippen molar-refractivity contribution < 1.29 is 0 Å². The van der Waals surface area contributed by atoms with Gasteiger partial charge in [0.25, 0.3) is 0 Å². The number of aromatic nitrogens is 1. The molecule has 2 rings (SSSR count). The molecular formula is C15H17Cl2N3. The van der Waals surface area contributed by atoms with Gasteiger partial charge in [-0.3, -0.25) is 0 Å². The topological polar surface area (TPSA) is 28.2 Å². The Bertz CT molecular complexity index is 573. The molecule has 0 saturated heterocycles. The highest BCUT2D eigenvalue weighted by atomic mass is 35.5. The number of benzene rings is 1. The summed E-state index contributed by atoms with van der Waals surface area (Å²) in [6.45, 7) is 3.50. The molecule has 0 aliphatic rings. The number of anilines is 2. The van der Waals surface area contributed by atoms with E-state index in [0.29, 0.717) is 15.9 Å². The van der Waals surface area contributed by atoms with Crippen LogP contribution in [0.3, 0.4) is 0 Å². The van der Waals surface area contributed by atoms with Crippen LogP contribution in [-0.4, -0.2) is 18.6 Å². The number of nitrogens with one attached hydrogen (secondary N) is 1. The van der Waals surface area contributed by atoms with Crippen molar-refractivity contribution in [3.63, 3.8) is 0 Å². The van der Waals surface area contributed by atoms with Crippen LogP contribution in [0.2, 0.25) is 10.0 Å². The first-order chi connectivity index (χ1) is 9.61. The van der Waals surface area contributed by atoms with Gasteiger partial charge in [0.05, 0.1) is 10.0 Å². The molecule has 2 aromatic rings. The standard InChI is InChI=1S/C15H17Cl2N3/c1-3-18-14-12(16)9-13(17)15(19-14)20(2)10-11-7-5-4-6-8-11/h4-9H,3,10H2,1-2H3,(H,18,19). The Kier molecular flexibility index (Phi) is 5.10. The van der Waals surface area contributed by atoms with E-state index in [1.165, 1.54) is 5.56 Å². The van der Waals surface area contributed by atoms with Crippen LogP contribution < -0.4 is 10.2 Å². The lowest BCUT2D eigenvalue weighted by atomic mass is 10.2. The zero-order chi connectivity index (χ0) is 14.5. The third kappa shape index (κ3) is 3.56. The maximum atomic E-state index is 6.25. The fraction of sp³-hybridized carbons (Fsp3) is 0.267. The Balaban J connectivity index is 2.25. The summed E-state index contributed by atoms with van der Waals surface area (Å²) in [5.41, 5.74) is 1.20. The van der Waals surface area contributed by atoms with Gasteiger partial charge >= 0.3 is 0 Å². The molecule has 1 aromatic heterocycles. The average molecular weight is 310 g/mol. The van der Waals surface area contributed by atoms with Crippen LogP contribution in [0.15, 0.2) is 36.4 Å². The number of pyridine rings is 1. The number of halogens is 2. The molecule has 1 heterocycles. The van der Waals surface area contributed by atoms with Crippen LogP contribution in [0.25, 0.3) is 0 Å². The predicted octanol–water partition coefficient (Wildman–Crippen LogP) is 4.46. The molecule has 0 aliphatic heterocycles. The molecule has 0 fully saturated rings. The lowest BCUT2D eigenvalue weighted by Crippen LogP contribution is -2.18. The predicted molar refractivity (Wildman–Crippen MR) is 87.0 cm³/mol. The maximum absolute atomic E-state index is 6.25. The summed E-state index contributed by atoms with van der Waals surface area (Å²) >= 11 is 12.4. The Morgan fingerprint density at radius 3 is 2.50 bits per heavy atom. The molecule has 0 saturated carbocycles. The summed E-state index contributed by atoms with van der Waals surface area (Å²) in [5.74, 6) is 1.38. The maximum Gasteiger partial charge on any atom is 0.149 e. The van der Waals surface area contributed by atoms with Gasteiger partial charge in [0.1, 0.15) is 11.6 Å². The van der Waals surface area contributed by atoms with Gasteiger partial charge in [-0.05, 0) is 18.6 Å². The minimum absolute atomic E-state index is 0.536. The van der Waals surface area contributed by atoms with E-state index in [1.807, 2.05) is 37.1 Å². The fourth-order valence-electron chi connectivity index (χ4n) is 1.95. The van der Waals surface area contributed by atoms with Crippen LogP contribution in [-0.2, 0) is 6.54 Å². The quantitative estimate of drug-likeness (QED) is 0.884. The van der Waals surface area contributed by atoms with E-state index < -0.39 is 0 Å². The van der Waals surface area contributed by atoms with Crippen molar-refractivity contribution in [3.05, 3.63) is 52.0 Å². The largest absolute Gasteiger partial charge is 0.369 e. The molecule has 0 unspecified atom stereocenters. The first-order valence-corrected chi connectivity index (χ1v) is 7.22. The summed E-state index contributed by atoms with van der Waals surface area (Å²) in [6.07, 6.45) is 0. The molecular weight excluding hydrogens is 293 g/mol. The lowest BCUT2D eigenvalue weighted by Gasteiger charge is -2.21. The minimum atomic E-state index is 0.536. The molecule has 1 aromatic carbocycles. The molecule has 0 radical (unpaired) electrons. The molecule has 0 aliphatic carbocycles. The summed E-state index contributed by atoms with van der Waals surface area (Å²) in [7, 11) is 1.96. The van der Waals surface area contributed by atoms with Gasteiger partial charge in [-0.15, -0.1) is 0 Å². The van der Waals surface area contributed by atoms with Gasteiger partial charge in [-0.1, -0.05) is 53.5 Å². The highest BCUT2D eigenvalue weighted by Gasteiger charge is 2.12. The lowest BCUT2D eigenvalue weighted by molar-refractivity contribution is 0.898. The average Bonchev–Trinajstić information content (AvgIpc) is 2.43. The first kappa shape index (κ1) is 14.9. The first-order valence-electron chi connectivity index (χ1n) is 6.46. The van der Waals surface area contributed by atoms with E-state index >= 15 is 0 Å². The molecule has 0 amide bonds. The van der Waals surface area contributed by atoms with Gasteiger partial charge in [0.2, 0.25) is 0 Å². The van der Waals surface area contributed by atoms with Crippen molar-refractivity contribution >= 4 is 34.8 Å². The van der Waals surface area contributed by atoms with Crippen molar-refractivity contribution in [2.45, 2.75) is 13.5 Å². The SMILES string of the molecule is CCNc1nc(N(C)Cc2ccccc2)c(Cl)cc1Cl. The van der Waals surface area contributed by atoms with Crippen LogP contribution in [0, 0.1) is 0 Å². The van der Waals surface area contributed by atoms with Crippen molar-refractivity contribution in [3.8, 4) is 0 Å². The van der Waals surface area contributed by atoms with Gasteiger partial charge in [0, 0.05) is 20.1 Å². The number of nitrogens with zero attached hydrogens (tertiary/aromatic N) is 2. The van der Waals surface area contributed by atoms with E-state index in [0.717, 1.165) is 18.9 Å².